The monoisotopic (exact) mass is 291 g/mol. The zero-order chi connectivity index (χ0) is 14.8. The van der Waals surface area contributed by atoms with Gasteiger partial charge in [0.25, 0.3) is 0 Å². The van der Waals surface area contributed by atoms with E-state index < -0.39 is 0 Å². The van der Waals surface area contributed by atoms with Gasteiger partial charge in [0.1, 0.15) is 11.5 Å². The van der Waals surface area contributed by atoms with Crippen LogP contribution in [0.15, 0.2) is 16.5 Å². The van der Waals surface area contributed by atoms with Crippen LogP contribution in [0, 0.1) is 6.92 Å². The Labute approximate surface area is 128 Å². The Morgan fingerprint density at radius 2 is 2.14 bits per heavy atom. The molecule has 4 nitrogen and oxygen atoms in total. The van der Waals surface area contributed by atoms with Gasteiger partial charge in [-0.25, -0.2) is 0 Å². The molecule has 2 fully saturated rings. The molecule has 0 amide bonds. The average molecular weight is 291 g/mol. The minimum absolute atomic E-state index is 0.144. The highest BCUT2D eigenvalue weighted by atomic mass is 16.3. The maximum Gasteiger partial charge on any atom is 0.122 e. The molecule has 3 rings (SSSR count). The van der Waals surface area contributed by atoms with Crippen molar-refractivity contribution in [2.24, 2.45) is 5.73 Å². The zero-order valence-electron chi connectivity index (χ0n) is 13.4. The maximum absolute atomic E-state index is 6.44. The summed E-state index contributed by atoms with van der Waals surface area (Å²) in [6.45, 7) is 8.88. The summed E-state index contributed by atoms with van der Waals surface area (Å²) in [5.41, 5.74) is 6.44. The Kier molecular flexibility index (Phi) is 4.67. The lowest BCUT2D eigenvalue weighted by atomic mass is 9.95. The molecule has 1 aromatic heterocycles. The van der Waals surface area contributed by atoms with Crippen LogP contribution in [0.25, 0.3) is 0 Å². The number of piperazine rings is 1. The van der Waals surface area contributed by atoms with Crippen LogP contribution in [0.3, 0.4) is 0 Å². The van der Waals surface area contributed by atoms with Crippen LogP contribution in [-0.2, 0) is 0 Å². The molecule has 2 aliphatic heterocycles. The molecule has 3 heterocycles. The van der Waals surface area contributed by atoms with Gasteiger partial charge in [-0.2, -0.15) is 0 Å². The van der Waals surface area contributed by atoms with Crippen molar-refractivity contribution >= 4 is 0 Å². The minimum Gasteiger partial charge on any atom is -0.465 e. The van der Waals surface area contributed by atoms with E-state index in [4.69, 9.17) is 10.2 Å². The summed E-state index contributed by atoms with van der Waals surface area (Å²) in [7, 11) is 0. The van der Waals surface area contributed by atoms with Crippen LogP contribution in [0.4, 0.5) is 0 Å². The molecule has 0 spiro atoms. The van der Waals surface area contributed by atoms with Crippen LogP contribution in [0.5, 0.6) is 0 Å². The topological polar surface area (TPSA) is 45.6 Å². The van der Waals surface area contributed by atoms with Gasteiger partial charge in [-0.1, -0.05) is 13.3 Å². The summed E-state index contributed by atoms with van der Waals surface area (Å²) in [5, 5.41) is 0. The van der Waals surface area contributed by atoms with Gasteiger partial charge in [-0.15, -0.1) is 0 Å². The van der Waals surface area contributed by atoms with Crippen molar-refractivity contribution < 1.29 is 4.42 Å². The lowest BCUT2D eigenvalue weighted by Gasteiger charge is -2.47. The molecule has 0 aliphatic carbocycles. The average Bonchev–Trinajstić information content (AvgIpc) is 2.93. The van der Waals surface area contributed by atoms with E-state index in [0.29, 0.717) is 0 Å². The van der Waals surface area contributed by atoms with Crippen molar-refractivity contribution in [2.45, 2.75) is 57.7 Å². The smallest absolute Gasteiger partial charge is 0.122 e. The molecule has 2 aliphatic rings. The second-order valence-corrected chi connectivity index (χ2v) is 6.65. The predicted molar refractivity (Wildman–Crippen MR) is 85.2 cm³/mol. The molecular weight excluding hydrogens is 262 g/mol. The Morgan fingerprint density at radius 3 is 2.86 bits per heavy atom. The first-order valence-electron chi connectivity index (χ1n) is 8.49. The molecule has 1 aromatic rings. The van der Waals surface area contributed by atoms with Crippen molar-refractivity contribution in [3.8, 4) is 0 Å². The molecule has 3 atom stereocenters. The highest BCUT2D eigenvalue weighted by Crippen LogP contribution is 2.31. The van der Waals surface area contributed by atoms with Crippen LogP contribution >= 0.6 is 0 Å². The van der Waals surface area contributed by atoms with E-state index in [1.165, 1.54) is 32.4 Å². The van der Waals surface area contributed by atoms with E-state index >= 15 is 0 Å². The quantitative estimate of drug-likeness (QED) is 0.926. The van der Waals surface area contributed by atoms with Gasteiger partial charge in [0, 0.05) is 31.7 Å². The molecule has 0 saturated carbocycles. The molecule has 0 radical (unpaired) electrons. The van der Waals surface area contributed by atoms with Gasteiger partial charge in [-0.3, -0.25) is 9.80 Å². The predicted octanol–water partition coefficient (Wildman–Crippen LogP) is 2.54. The van der Waals surface area contributed by atoms with Gasteiger partial charge in [0.2, 0.25) is 0 Å². The summed E-state index contributed by atoms with van der Waals surface area (Å²) < 4.78 is 5.92. The zero-order valence-corrected chi connectivity index (χ0v) is 13.4. The summed E-state index contributed by atoms with van der Waals surface area (Å²) in [6, 6.07) is 5.26. The van der Waals surface area contributed by atoms with Crippen LogP contribution in [0.2, 0.25) is 0 Å². The molecular formula is C17H29N3O. The number of piperidine rings is 1. The first kappa shape index (κ1) is 15.1. The van der Waals surface area contributed by atoms with Crippen LogP contribution in [-0.4, -0.2) is 48.1 Å². The maximum atomic E-state index is 6.44. The third-order valence-electron chi connectivity index (χ3n) is 5.19. The summed E-state index contributed by atoms with van der Waals surface area (Å²) in [6.07, 6.45) is 5.06. The number of nitrogens with two attached hydrogens (primary N) is 1. The Morgan fingerprint density at radius 1 is 1.29 bits per heavy atom. The van der Waals surface area contributed by atoms with E-state index in [0.717, 1.165) is 37.1 Å². The molecule has 0 bridgehead atoms. The van der Waals surface area contributed by atoms with Gasteiger partial charge in [0.05, 0.1) is 6.04 Å². The van der Waals surface area contributed by atoms with Crippen molar-refractivity contribution in [3.63, 3.8) is 0 Å². The van der Waals surface area contributed by atoms with Crippen molar-refractivity contribution in [2.75, 3.05) is 26.2 Å². The molecule has 4 heteroatoms. The number of aryl methyl sites for hydroxylation is 1. The molecule has 0 aromatic carbocycles. The number of fused-ring (bicyclic) bond motifs is 1. The molecule has 2 N–H and O–H groups in total. The highest BCUT2D eigenvalue weighted by molar-refractivity contribution is 5.13. The summed E-state index contributed by atoms with van der Waals surface area (Å²) >= 11 is 0. The first-order chi connectivity index (χ1) is 10.2. The third-order valence-corrected chi connectivity index (χ3v) is 5.19. The van der Waals surface area contributed by atoms with Crippen LogP contribution in [0.1, 0.15) is 50.2 Å². The lowest BCUT2D eigenvalue weighted by Crippen LogP contribution is -2.57. The molecule has 21 heavy (non-hydrogen) atoms. The normalized spacial score (nSPS) is 27.3. The fraction of sp³-hybridized carbons (Fsp3) is 0.765. The third kappa shape index (κ3) is 3.17. The fourth-order valence-electron chi connectivity index (χ4n) is 3.93. The molecule has 2 saturated heterocycles. The largest absolute Gasteiger partial charge is 0.465 e. The molecule has 118 valence electrons. The SMILES string of the molecule is CCC(N)C(c1ccc(C)o1)N1CCN2CCCCC2C1. The number of hydrogen-bond donors (Lipinski definition) is 1. The number of furan rings is 1. The minimum atomic E-state index is 0.144. The van der Waals surface area contributed by atoms with E-state index in [-0.39, 0.29) is 12.1 Å². The van der Waals surface area contributed by atoms with Crippen molar-refractivity contribution in [1.82, 2.24) is 9.80 Å². The second-order valence-electron chi connectivity index (χ2n) is 6.65. The van der Waals surface area contributed by atoms with Crippen LogP contribution < -0.4 is 5.73 Å². The highest BCUT2D eigenvalue weighted by Gasteiger charge is 2.35. The Hall–Kier alpha value is -0.840. The summed E-state index contributed by atoms with van der Waals surface area (Å²) in [5.74, 6) is 2.03. The number of hydrogen-bond acceptors (Lipinski definition) is 4. The van der Waals surface area contributed by atoms with Gasteiger partial charge in [-0.05, 0) is 44.9 Å². The standard InChI is InChI=1S/C17H29N3O/c1-3-15(18)17(16-8-7-13(2)21-16)20-11-10-19-9-5-4-6-14(19)12-20/h7-8,14-15,17H,3-6,9-12,18H2,1-2H3. The van der Waals surface area contributed by atoms with Crippen molar-refractivity contribution in [1.29, 1.82) is 0 Å². The van der Waals surface area contributed by atoms with Crippen molar-refractivity contribution in [3.05, 3.63) is 23.7 Å². The fourth-order valence-corrected chi connectivity index (χ4v) is 3.93. The first-order valence-corrected chi connectivity index (χ1v) is 8.49. The summed E-state index contributed by atoms with van der Waals surface area (Å²) in [4.78, 5) is 5.24. The molecule has 3 unspecified atom stereocenters. The number of rotatable bonds is 4. The van der Waals surface area contributed by atoms with Gasteiger partial charge < -0.3 is 10.2 Å². The van der Waals surface area contributed by atoms with Gasteiger partial charge in [0.15, 0.2) is 0 Å². The lowest BCUT2D eigenvalue weighted by molar-refractivity contribution is 0.0147. The second kappa shape index (κ2) is 6.51. The van der Waals surface area contributed by atoms with E-state index in [1.54, 1.807) is 0 Å². The Bertz CT molecular complexity index is 459. The van der Waals surface area contributed by atoms with E-state index in [2.05, 4.69) is 28.9 Å². The Balaban J connectivity index is 1.77. The van der Waals surface area contributed by atoms with E-state index in [9.17, 15) is 0 Å². The van der Waals surface area contributed by atoms with E-state index in [1.807, 2.05) is 6.92 Å². The van der Waals surface area contributed by atoms with Gasteiger partial charge >= 0.3 is 0 Å². The number of nitrogens with zero attached hydrogens (tertiary/aromatic N) is 2.